The molecule has 0 fully saturated rings. The van der Waals surface area contributed by atoms with Crippen LogP contribution in [0.15, 0.2) is 24.5 Å². The van der Waals surface area contributed by atoms with Gasteiger partial charge in [-0.3, -0.25) is 0 Å². The van der Waals surface area contributed by atoms with Crippen molar-refractivity contribution in [3.8, 4) is 0 Å². The van der Waals surface area contributed by atoms with Crippen molar-refractivity contribution in [1.29, 1.82) is 0 Å². The van der Waals surface area contributed by atoms with E-state index in [0.29, 0.717) is 11.0 Å². The number of hydrogen-bond acceptors (Lipinski definition) is 3. The Balaban J connectivity index is 0.000000980. The van der Waals surface area contributed by atoms with Crippen LogP contribution in [-0.4, -0.2) is 20.7 Å². The molecular weight excluding hydrogens is 206 g/mol. The third-order valence-corrected chi connectivity index (χ3v) is 1.82. The van der Waals surface area contributed by atoms with Gasteiger partial charge in [0.15, 0.2) is 0 Å². The van der Waals surface area contributed by atoms with Crippen molar-refractivity contribution in [1.82, 2.24) is 9.66 Å². The first-order chi connectivity index (χ1) is 6.18. The van der Waals surface area contributed by atoms with Gasteiger partial charge in [0.1, 0.15) is 6.33 Å². The number of hydrogen-bond donors (Lipinski definition) is 2. The molecule has 14 heavy (non-hydrogen) atoms. The first-order valence-corrected chi connectivity index (χ1v) is 3.64. The molecule has 0 saturated carbocycles. The molecule has 6 heteroatoms. The van der Waals surface area contributed by atoms with E-state index in [-0.39, 0.29) is 18.0 Å². The monoisotopic (exact) mass is 213 g/mol. The summed E-state index contributed by atoms with van der Waals surface area (Å²) in [6, 6.07) is 4.61. The molecule has 0 unspecified atom stereocenters. The number of rotatable bonds is 1. The van der Waals surface area contributed by atoms with Crippen LogP contribution < -0.4 is 5.84 Å². The number of carbonyl (C=O) groups is 1. The molecule has 2 rings (SSSR count). The summed E-state index contributed by atoms with van der Waals surface area (Å²) in [5, 5.41) is 8.69. The zero-order chi connectivity index (χ0) is 9.42. The van der Waals surface area contributed by atoms with Gasteiger partial charge in [-0.15, -0.1) is 12.4 Å². The lowest BCUT2D eigenvalue weighted by Crippen LogP contribution is -2.05. The van der Waals surface area contributed by atoms with Crippen LogP contribution in [0.5, 0.6) is 0 Å². The normalized spacial score (nSPS) is 9.71. The van der Waals surface area contributed by atoms with Crippen molar-refractivity contribution in [2.45, 2.75) is 0 Å². The first kappa shape index (κ1) is 10.3. The topological polar surface area (TPSA) is 81.1 Å². The van der Waals surface area contributed by atoms with Crippen LogP contribution >= 0.6 is 12.4 Å². The number of halogens is 1. The molecule has 1 heterocycles. The molecule has 0 saturated heterocycles. The van der Waals surface area contributed by atoms with Crippen molar-refractivity contribution >= 4 is 29.4 Å². The van der Waals surface area contributed by atoms with Gasteiger partial charge >= 0.3 is 5.97 Å². The number of nitrogens with two attached hydrogens (primary N) is 1. The van der Waals surface area contributed by atoms with E-state index in [0.717, 1.165) is 0 Å². The van der Waals surface area contributed by atoms with Crippen LogP contribution in [-0.2, 0) is 0 Å². The first-order valence-electron chi connectivity index (χ1n) is 3.64. The zero-order valence-corrected chi connectivity index (χ0v) is 7.86. The molecule has 0 aliphatic rings. The molecule has 0 amide bonds. The molecule has 0 atom stereocenters. The maximum absolute atomic E-state index is 10.6. The Labute approximate surface area is 85.5 Å². The van der Waals surface area contributed by atoms with Crippen molar-refractivity contribution in [2.75, 3.05) is 5.84 Å². The Morgan fingerprint density at radius 2 is 2.21 bits per heavy atom. The minimum absolute atomic E-state index is 0. The summed E-state index contributed by atoms with van der Waals surface area (Å²) in [7, 11) is 0. The third-order valence-electron chi connectivity index (χ3n) is 1.82. The van der Waals surface area contributed by atoms with Crippen LogP contribution in [0.1, 0.15) is 10.4 Å². The predicted octanol–water partition coefficient (Wildman–Crippen LogP) is 0.870. The van der Waals surface area contributed by atoms with Crippen molar-refractivity contribution in [3.05, 3.63) is 30.1 Å². The number of benzene rings is 1. The van der Waals surface area contributed by atoms with Crippen molar-refractivity contribution < 1.29 is 9.90 Å². The summed E-state index contributed by atoms with van der Waals surface area (Å²) in [5.41, 5.74) is 1.51. The van der Waals surface area contributed by atoms with Crippen LogP contribution in [0.25, 0.3) is 11.0 Å². The van der Waals surface area contributed by atoms with Gasteiger partial charge in [0.2, 0.25) is 0 Å². The molecule has 0 aliphatic carbocycles. The van der Waals surface area contributed by atoms with Gasteiger partial charge in [0.05, 0.1) is 16.6 Å². The van der Waals surface area contributed by atoms with E-state index in [2.05, 4.69) is 4.98 Å². The van der Waals surface area contributed by atoms with Crippen molar-refractivity contribution in [3.63, 3.8) is 0 Å². The van der Waals surface area contributed by atoms with E-state index in [1.54, 1.807) is 6.07 Å². The van der Waals surface area contributed by atoms with Crippen LogP contribution in [0.2, 0.25) is 0 Å². The number of carboxylic acids is 1. The molecule has 2 aromatic rings. The highest BCUT2D eigenvalue weighted by atomic mass is 35.5. The van der Waals surface area contributed by atoms with Gasteiger partial charge in [-0.25, -0.2) is 14.5 Å². The second kappa shape index (κ2) is 3.55. The Hall–Kier alpha value is -1.75. The van der Waals surface area contributed by atoms with Crippen LogP contribution in [0, 0.1) is 0 Å². The summed E-state index contributed by atoms with van der Waals surface area (Å²) in [5.74, 6) is 4.54. The Bertz CT molecular complexity index is 480. The standard InChI is InChI=1S/C8H7N3O2.ClH/c9-11-4-10-6-3-5(8(12)13)1-2-7(6)11;/h1-4H,9H2,(H,12,13);1H. The van der Waals surface area contributed by atoms with E-state index in [1.165, 1.54) is 23.1 Å². The summed E-state index contributed by atoms with van der Waals surface area (Å²) in [6.45, 7) is 0. The number of aromatic nitrogens is 2. The number of nitrogens with zero attached hydrogens (tertiary/aromatic N) is 2. The minimum Gasteiger partial charge on any atom is -0.478 e. The molecule has 0 spiro atoms. The van der Waals surface area contributed by atoms with Gasteiger partial charge in [0, 0.05) is 0 Å². The van der Waals surface area contributed by atoms with E-state index < -0.39 is 5.97 Å². The highest BCUT2D eigenvalue weighted by Gasteiger charge is 2.05. The molecule has 0 radical (unpaired) electrons. The van der Waals surface area contributed by atoms with Gasteiger partial charge < -0.3 is 10.9 Å². The lowest BCUT2D eigenvalue weighted by molar-refractivity contribution is 0.0697. The number of fused-ring (bicyclic) bond motifs is 1. The summed E-state index contributed by atoms with van der Waals surface area (Å²) >= 11 is 0. The van der Waals surface area contributed by atoms with E-state index in [4.69, 9.17) is 10.9 Å². The Kier molecular flexibility index (Phi) is 2.62. The average Bonchev–Trinajstić information content (AvgIpc) is 2.47. The molecule has 74 valence electrons. The summed E-state index contributed by atoms with van der Waals surface area (Å²) in [4.78, 5) is 14.5. The fraction of sp³-hybridized carbons (Fsp3) is 0. The lowest BCUT2D eigenvalue weighted by Gasteiger charge is -1.95. The second-order valence-electron chi connectivity index (χ2n) is 2.66. The van der Waals surface area contributed by atoms with Gasteiger partial charge in [-0.05, 0) is 18.2 Å². The largest absolute Gasteiger partial charge is 0.478 e. The molecule has 3 N–H and O–H groups in total. The fourth-order valence-corrected chi connectivity index (χ4v) is 1.16. The smallest absolute Gasteiger partial charge is 0.335 e. The highest BCUT2D eigenvalue weighted by molar-refractivity contribution is 5.92. The molecular formula is C8H8ClN3O2. The predicted molar refractivity (Wildman–Crippen MR) is 54.1 cm³/mol. The quantitative estimate of drug-likeness (QED) is 0.689. The van der Waals surface area contributed by atoms with Crippen molar-refractivity contribution in [2.24, 2.45) is 0 Å². The third kappa shape index (κ3) is 1.49. The number of aromatic carboxylic acids is 1. The summed E-state index contributed by atoms with van der Waals surface area (Å²) in [6.07, 6.45) is 1.44. The fourth-order valence-electron chi connectivity index (χ4n) is 1.16. The maximum Gasteiger partial charge on any atom is 0.335 e. The van der Waals surface area contributed by atoms with E-state index in [9.17, 15) is 4.79 Å². The molecule has 5 nitrogen and oxygen atoms in total. The van der Waals surface area contributed by atoms with Gasteiger partial charge in [-0.2, -0.15) is 0 Å². The van der Waals surface area contributed by atoms with Crippen LogP contribution in [0.3, 0.4) is 0 Å². The SMILES string of the molecule is Cl.Nn1cnc2cc(C(=O)O)ccc21. The highest BCUT2D eigenvalue weighted by Crippen LogP contribution is 2.12. The average molecular weight is 214 g/mol. The summed E-state index contributed by atoms with van der Waals surface area (Å²) < 4.78 is 1.35. The zero-order valence-electron chi connectivity index (χ0n) is 7.04. The minimum atomic E-state index is -0.964. The van der Waals surface area contributed by atoms with E-state index >= 15 is 0 Å². The molecule has 0 aliphatic heterocycles. The van der Waals surface area contributed by atoms with Gasteiger partial charge in [-0.1, -0.05) is 0 Å². The molecule has 1 aromatic carbocycles. The lowest BCUT2D eigenvalue weighted by atomic mass is 10.2. The Morgan fingerprint density at radius 3 is 2.86 bits per heavy atom. The number of carboxylic acid groups (broad SMARTS) is 1. The number of imidazole rings is 1. The van der Waals surface area contributed by atoms with Crippen LogP contribution in [0.4, 0.5) is 0 Å². The molecule has 1 aromatic heterocycles. The van der Waals surface area contributed by atoms with Gasteiger partial charge in [0.25, 0.3) is 0 Å². The second-order valence-corrected chi connectivity index (χ2v) is 2.66. The maximum atomic E-state index is 10.6. The Morgan fingerprint density at radius 1 is 1.50 bits per heavy atom. The molecule has 0 bridgehead atoms. The number of nitrogen functional groups attached to an aromatic ring is 1. The van der Waals surface area contributed by atoms with E-state index in [1.807, 2.05) is 0 Å².